The summed E-state index contributed by atoms with van der Waals surface area (Å²) in [4.78, 5) is 0. The van der Waals surface area contributed by atoms with Crippen molar-refractivity contribution in [1.82, 2.24) is 0 Å². The molecule has 1 heteroatoms. The molecule has 0 aliphatic heterocycles. The molecular weight excluding hydrogens is 184 g/mol. The summed E-state index contributed by atoms with van der Waals surface area (Å²) in [5.41, 5.74) is 0. The van der Waals surface area contributed by atoms with Gasteiger partial charge < -0.3 is 4.42 Å². The smallest absolute Gasteiger partial charge is 0.104 e. The van der Waals surface area contributed by atoms with E-state index in [1.165, 1.54) is 31.4 Å². The quantitative estimate of drug-likeness (QED) is 0.597. The van der Waals surface area contributed by atoms with Gasteiger partial charge >= 0.3 is 0 Å². The number of aryl methyl sites for hydroxylation is 1. The zero-order valence-corrected chi connectivity index (χ0v) is 10.4. The first-order valence-corrected chi connectivity index (χ1v) is 6.30. The van der Waals surface area contributed by atoms with Crippen molar-refractivity contribution in [3.63, 3.8) is 0 Å². The monoisotopic (exact) mass is 208 g/mol. The van der Waals surface area contributed by atoms with Crippen LogP contribution in [0.1, 0.15) is 58.0 Å². The lowest BCUT2D eigenvalue weighted by molar-refractivity contribution is 0.433. The van der Waals surface area contributed by atoms with Crippen molar-refractivity contribution in [1.29, 1.82) is 0 Å². The second kappa shape index (κ2) is 6.71. The van der Waals surface area contributed by atoms with Gasteiger partial charge in [0.05, 0.1) is 0 Å². The highest BCUT2D eigenvalue weighted by atomic mass is 16.3. The second-order valence-corrected chi connectivity index (χ2v) is 4.78. The van der Waals surface area contributed by atoms with Gasteiger partial charge in [0.2, 0.25) is 0 Å². The van der Waals surface area contributed by atoms with Gasteiger partial charge in [-0.25, -0.2) is 0 Å². The van der Waals surface area contributed by atoms with E-state index in [4.69, 9.17) is 4.42 Å². The molecule has 1 nitrogen and oxygen atoms in total. The fourth-order valence-electron chi connectivity index (χ4n) is 1.79. The van der Waals surface area contributed by atoms with Gasteiger partial charge in [-0.2, -0.15) is 0 Å². The van der Waals surface area contributed by atoms with Gasteiger partial charge in [0, 0.05) is 12.8 Å². The average Bonchev–Trinajstić information content (AvgIpc) is 2.59. The Hall–Kier alpha value is -0.720. The molecule has 0 unspecified atom stereocenters. The third-order valence-electron chi connectivity index (χ3n) is 2.60. The van der Waals surface area contributed by atoms with E-state index in [1.54, 1.807) is 0 Å². The van der Waals surface area contributed by atoms with E-state index >= 15 is 0 Å². The summed E-state index contributed by atoms with van der Waals surface area (Å²) in [6.07, 6.45) is 7.42. The fraction of sp³-hybridized carbons (Fsp3) is 0.714. The van der Waals surface area contributed by atoms with Gasteiger partial charge in [0.25, 0.3) is 0 Å². The van der Waals surface area contributed by atoms with E-state index in [0.717, 1.165) is 18.6 Å². The normalized spacial score (nSPS) is 11.2. The zero-order chi connectivity index (χ0) is 11.1. The van der Waals surface area contributed by atoms with E-state index in [2.05, 4.69) is 32.9 Å². The second-order valence-electron chi connectivity index (χ2n) is 4.78. The van der Waals surface area contributed by atoms with Crippen molar-refractivity contribution >= 4 is 0 Å². The maximum atomic E-state index is 5.77. The van der Waals surface area contributed by atoms with Crippen LogP contribution >= 0.6 is 0 Å². The van der Waals surface area contributed by atoms with Crippen molar-refractivity contribution in [2.24, 2.45) is 5.92 Å². The maximum Gasteiger partial charge on any atom is 0.104 e. The minimum Gasteiger partial charge on any atom is -0.466 e. The Kier molecular flexibility index (Phi) is 5.52. The summed E-state index contributed by atoms with van der Waals surface area (Å²) >= 11 is 0. The van der Waals surface area contributed by atoms with Crippen molar-refractivity contribution in [2.45, 2.75) is 59.3 Å². The van der Waals surface area contributed by atoms with E-state index in [1.807, 2.05) is 0 Å². The Balaban J connectivity index is 2.26. The molecule has 1 aromatic rings. The largest absolute Gasteiger partial charge is 0.466 e. The van der Waals surface area contributed by atoms with Crippen LogP contribution in [-0.4, -0.2) is 0 Å². The molecule has 0 aromatic carbocycles. The first-order chi connectivity index (χ1) is 7.22. The molecule has 0 aliphatic rings. The van der Waals surface area contributed by atoms with Gasteiger partial charge in [-0.15, -0.1) is 0 Å². The number of unbranched alkanes of at least 4 members (excludes halogenated alkanes) is 3. The van der Waals surface area contributed by atoms with Crippen molar-refractivity contribution in [3.8, 4) is 0 Å². The van der Waals surface area contributed by atoms with Gasteiger partial charge in [0.15, 0.2) is 0 Å². The number of hydrogen-bond acceptors (Lipinski definition) is 1. The molecule has 0 amide bonds. The summed E-state index contributed by atoms with van der Waals surface area (Å²) in [6.45, 7) is 6.69. The van der Waals surface area contributed by atoms with E-state index in [0.29, 0.717) is 5.92 Å². The average molecular weight is 208 g/mol. The fourth-order valence-corrected chi connectivity index (χ4v) is 1.79. The van der Waals surface area contributed by atoms with Crippen LogP contribution in [0.25, 0.3) is 0 Å². The summed E-state index contributed by atoms with van der Waals surface area (Å²) in [7, 11) is 0. The highest BCUT2D eigenvalue weighted by Gasteiger charge is 2.03. The molecule has 0 saturated heterocycles. The Bertz CT molecular complexity index is 260. The first-order valence-electron chi connectivity index (χ1n) is 6.30. The molecule has 0 N–H and O–H groups in total. The lowest BCUT2D eigenvalue weighted by atomic mass is 10.1. The molecule has 86 valence electrons. The minimum atomic E-state index is 0.684. The number of furan rings is 1. The van der Waals surface area contributed by atoms with E-state index in [-0.39, 0.29) is 0 Å². The summed E-state index contributed by atoms with van der Waals surface area (Å²) in [6, 6.07) is 4.28. The molecule has 0 aliphatic carbocycles. The third kappa shape index (κ3) is 5.06. The Labute approximate surface area is 93.9 Å². The Morgan fingerprint density at radius 1 is 1.07 bits per heavy atom. The predicted molar refractivity (Wildman–Crippen MR) is 65.1 cm³/mol. The highest BCUT2D eigenvalue weighted by molar-refractivity contribution is 5.07. The lowest BCUT2D eigenvalue weighted by Gasteiger charge is -2.00. The molecule has 0 radical (unpaired) electrons. The van der Waals surface area contributed by atoms with Crippen LogP contribution in [0, 0.1) is 5.92 Å². The topological polar surface area (TPSA) is 13.1 Å². The van der Waals surface area contributed by atoms with Gasteiger partial charge in [0.1, 0.15) is 11.5 Å². The van der Waals surface area contributed by atoms with Crippen molar-refractivity contribution in [3.05, 3.63) is 23.7 Å². The van der Waals surface area contributed by atoms with Crippen LogP contribution in [-0.2, 0) is 12.8 Å². The Morgan fingerprint density at radius 3 is 2.47 bits per heavy atom. The molecule has 0 spiro atoms. The van der Waals surface area contributed by atoms with Crippen molar-refractivity contribution < 1.29 is 4.42 Å². The number of rotatable bonds is 7. The molecular formula is C14H24O. The van der Waals surface area contributed by atoms with Crippen LogP contribution in [0.4, 0.5) is 0 Å². The molecule has 0 fully saturated rings. The van der Waals surface area contributed by atoms with E-state index < -0.39 is 0 Å². The van der Waals surface area contributed by atoms with Crippen LogP contribution < -0.4 is 0 Å². The molecule has 0 saturated carbocycles. The molecule has 0 bridgehead atoms. The molecule has 1 rings (SSSR count). The van der Waals surface area contributed by atoms with Crippen molar-refractivity contribution in [2.75, 3.05) is 0 Å². The first kappa shape index (κ1) is 12.4. The summed E-state index contributed by atoms with van der Waals surface area (Å²) in [5, 5.41) is 0. The zero-order valence-electron chi connectivity index (χ0n) is 10.4. The lowest BCUT2D eigenvalue weighted by Crippen LogP contribution is -1.91. The maximum absolute atomic E-state index is 5.77. The standard InChI is InChI=1S/C14H24O/c1-4-5-6-7-8-13-9-10-14(15-13)11-12(2)3/h9-10,12H,4-8,11H2,1-3H3. The van der Waals surface area contributed by atoms with Crippen LogP contribution in [0.5, 0.6) is 0 Å². The summed E-state index contributed by atoms with van der Waals surface area (Å²) < 4.78 is 5.77. The van der Waals surface area contributed by atoms with Crippen LogP contribution in [0.2, 0.25) is 0 Å². The predicted octanol–water partition coefficient (Wildman–Crippen LogP) is 4.60. The SMILES string of the molecule is CCCCCCc1ccc(CC(C)C)o1. The molecule has 1 aromatic heterocycles. The summed E-state index contributed by atoms with van der Waals surface area (Å²) in [5.74, 6) is 3.00. The number of hydrogen-bond donors (Lipinski definition) is 0. The Morgan fingerprint density at radius 2 is 1.80 bits per heavy atom. The molecule has 0 atom stereocenters. The van der Waals surface area contributed by atoms with Gasteiger partial charge in [-0.3, -0.25) is 0 Å². The molecule has 1 heterocycles. The van der Waals surface area contributed by atoms with Gasteiger partial charge in [-0.05, 0) is 24.5 Å². The minimum absolute atomic E-state index is 0.684. The van der Waals surface area contributed by atoms with Gasteiger partial charge in [-0.1, -0.05) is 40.0 Å². The van der Waals surface area contributed by atoms with E-state index in [9.17, 15) is 0 Å². The van der Waals surface area contributed by atoms with Crippen LogP contribution in [0.3, 0.4) is 0 Å². The highest BCUT2D eigenvalue weighted by Crippen LogP contribution is 2.15. The van der Waals surface area contributed by atoms with Crippen LogP contribution in [0.15, 0.2) is 16.5 Å². The molecule has 15 heavy (non-hydrogen) atoms. The third-order valence-corrected chi connectivity index (χ3v) is 2.60.